The number of carbonyl (C=O) groups excluding carboxylic acids is 2. The fraction of sp³-hybridized carbons (Fsp3) is 0.684. The van der Waals surface area contributed by atoms with Crippen molar-refractivity contribution < 1.29 is 19.2 Å². The fourth-order valence-corrected chi connectivity index (χ4v) is 3.39. The van der Waals surface area contributed by atoms with E-state index in [9.17, 15) is 14.0 Å². The van der Waals surface area contributed by atoms with Crippen molar-refractivity contribution in [1.82, 2.24) is 15.3 Å². The van der Waals surface area contributed by atoms with Crippen molar-refractivity contribution in [3.63, 3.8) is 0 Å². The molecule has 1 atom stereocenters. The second-order valence-electron chi connectivity index (χ2n) is 6.96. The van der Waals surface area contributed by atoms with Gasteiger partial charge < -0.3 is 9.80 Å². The van der Waals surface area contributed by atoms with Crippen LogP contribution in [-0.2, 0) is 9.59 Å². The van der Waals surface area contributed by atoms with Gasteiger partial charge in [0.05, 0.1) is 6.67 Å². The third-order valence-corrected chi connectivity index (χ3v) is 5.00. The average molecular weight is 367 g/mol. The van der Waals surface area contributed by atoms with Crippen LogP contribution in [-0.4, -0.2) is 59.7 Å². The van der Waals surface area contributed by atoms with Crippen molar-refractivity contribution in [1.29, 1.82) is 0 Å². The summed E-state index contributed by atoms with van der Waals surface area (Å²) in [5.41, 5.74) is 2.70. The Balaban J connectivity index is 1.61. The lowest BCUT2D eigenvalue weighted by Crippen LogP contribution is -2.48. The normalized spacial score (nSPS) is 20.1. The Bertz CT molecular complexity index is 528. The van der Waals surface area contributed by atoms with Gasteiger partial charge in [0.2, 0.25) is 11.8 Å². The Kier molecular flexibility index (Phi) is 8.61. The summed E-state index contributed by atoms with van der Waals surface area (Å²) in [6.45, 7) is 2.67. The predicted octanol–water partition coefficient (Wildman–Crippen LogP) is 2.41. The molecule has 1 aliphatic heterocycles. The summed E-state index contributed by atoms with van der Waals surface area (Å²) in [5, 5.41) is 8.40. The van der Waals surface area contributed by atoms with E-state index in [0.29, 0.717) is 25.9 Å². The van der Waals surface area contributed by atoms with Gasteiger partial charge in [-0.25, -0.2) is 5.48 Å². The van der Waals surface area contributed by atoms with Crippen molar-refractivity contribution in [3.8, 4) is 0 Å². The lowest BCUT2D eigenvalue weighted by Gasteiger charge is -2.37. The number of piperazine rings is 1. The molecule has 1 unspecified atom stereocenters. The quantitative estimate of drug-likeness (QED) is 0.373. The largest absolute Gasteiger partial charge is 0.368 e. The fourth-order valence-electron chi connectivity index (χ4n) is 3.39. The highest BCUT2D eigenvalue weighted by Crippen LogP contribution is 2.21. The maximum atomic E-state index is 12.9. The van der Waals surface area contributed by atoms with E-state index in [1.54, 1.807) is 5.48 Å². The highest BCUT2D eigenvalue weighted by Gasteiger charge is 2.22. The van der Waals surface area contributed by atoms with E-state index >= 15 is 0 Å². The van der Waals surface area contributed by atoms with Crippen molar-refractivity contribution in [3.05, 3.63) is 23.9 Å². The molecular formula is C19H30FN3O3. The molecule has 0 saturated carbocycles. The molecule has 1 fully saturated rings. The Morgan fingerprint density at radius 2 is 1.81 bits per heavy atom. The summed E-state index contributed by atoms with van der Waals surface area (Å²) in [7, 11) is 0. The third-order valence-electron chi connectivity index (χ3n) is 5.00. The van der Waals surface area contributed by atoms with E-state index in [0.717, 1.165) is 50.9 Å². The number of nitrogens with zero attached hydrogens (tertiary/aromatic N) is 2. The number of carbonyl (C=O) groups is 2. The number of hydroxylamine groups is 1. The van der Waals surface area contributed by atoms with Gasteiger partial charge in [0.25, 0.3) is 0 Å². The molecular weight excluding hydrogens is 337 g/mol. The van der Waals surface area contributed by atoms with Crippen LogP contribution in [0, 0.1) is 5.92 Å². The molecule has 2 N–H and O–H groups in total. The third kappa shape index (κ3) is 6.44. The van der Waals surface area contributed by atoms with Crippen LogP contribution in [0.3, 0.4) is 0 Å². The first-order valence-electron chi connectivity index (χ1n) is 9.54. The van der Waals surface area contributed by atoms with Gasteiger partial charge in [0.15, 0.2) is 0 Å². The van der Waals surface area contributed by atoms with Crippen molar-refractivity contribution in [2.75, 3.05) is 32.9 Å². The van der Waals surface area contributed by atoms with Gasteiger partial charge in [0.1, 0.15) is 0 Å². The second-order valence-corrected chi connectivity index (χ2v) is 6.96. The number of hydrogen-bond acceptors (Lipinski definition) is 4. The van der Waals surface area contributed by atoms with Crippen LogP contribution in [0.2, 0.25) is 0 Å². The predicted molar refractivity (Wildman–Crippen MR) is 97.1 cm³/mol. The van der Waals surface area contributed by atoms with Gasteiger partial charge in [0, 0.05) is 50.6 Å². The monoisotopic (exact) mass is 367 g/mol. The molecule has 26 heavy (non-hydrogen) atoms. The molecule has 0 spiro atoms. The zero-order valence-electron chi connectivity index (χ0n) is 15.3. The van der Waals surface area contributed by atoms with Crippen LogP contribution < -0.4 is 5.48 Å². The molecule has 1 saturated heterocycles. The van der Waals surface area contributed by atoms with E-state index in [4.69, 9.17) is 5.21 Å². The first-order valence-corrected chi connectivity index (χ1v) is 9.54. The van der Waals surface area contributed by atoms with Crippen LogP contribution in [0.5, 0.6) is 0 Å². The highest BCUT2D eigenvalue weighted by molar-refractivity contribution is 5.76. The summed E-state index contributed by atoms with van der Waals surface area (Å²) in [5.74, 6) is -0.189. The zero-order chi connectivity index (χ0) is 18.8. The SMILES string of the molecule is O=C(CCCCCCC(=O)N1CCN(C2=CC(CF)CC=C2)CC1)NO. The molecule has 0 radical (unpaired) electrons. The van der Waals surface area contributed by atoms with Crippen LogP contribution in [0.15, 0.2) is 23.9 Å². The minimum Gasteiger partial charge on any atom is -0.368 e. The summed E-state index contributed by atoms with van der Waals surface area (Å²) >= 11 is 0. The van der Waals surface area contributed by atoms with Crippen molar-refractivity contribution in [2.24, 2.45) is 5.92 Å². The number of hydrogen-bond donors (Lipinski definition) is 2. The Morgan fingerprint density at radius 1 is 1.12 bits per heavy atom. The molecule has 6 nitrogen and oxygen atoms in total. The average Bonchev–Trinajstić information content (AvgIpc) is 2.70. The maximum absolute atomic E-state index is 12.9. The summed E-state index contributed by atoms with van der Waals surface area (Å²) < 4.78 is 12.9. The molecule has 146 valence electrons. The molecule has 2 rings (SSSR count). The molecule has 0 aromatic carbocycles. The number of halogens is 1. The smallest absolute Gasteiger partial charge is 0.243 e. The van der Waals surface area contributed by atoms with E-state index in [1.165, 1.54) is 0 Å². The number of rotatable bonds is 9. The Morgan fingerprint density at radius 3 is 2.46 bits per heavy atom. The van der Waals surface area contributed by atoms with Gasteiger partial charge in [-0.3, -0.25) is 19.2 Å². The second kappa shape index (κ2) is 11.0. The van der Waals surface area contributed by atoms with E-state index in [1.807, 2.05) is 17.1 Å². The number of unbranched alkanes of at least 4 members (excludes halogenated alkanes) is 3. The molecule has 2 aliphatic rings. The maximum Gasteiger partial charge on any atom is 0.243 e. The number of nitrogens with one attached hydrogen (secondary N) is 1. The topological polar surface area (TPSA) is 72.9 Å². The number of allylic oxidation sites excluding steroid dienone is 3. The Hall–Kier alpha value is -1.89. The van der Waals surface area contributed by atoms with Crippen molar-refractivity contribution in [2.45, 2.75) is 44.9 Å². The first kappa shape index (κ1) is 20.4. The van der Waals surface area contributed by atoms with E-state index in [-0.39, 0.29) is 24.4 Å². The van der Waals surface area contributed by atoms with Gasteiger partial charge >= 0.3 is 0 Å². The Labute approximate surface area is 154 Å². The lowest BCUT2D eigenvalue weighted by molar-refractivity contribution is -0.133. The summed E-state index contributed by atoms with van der Waals surface area (Å²) in [6, 6.07) is 0. The molecule has 7 heteroatoms. The van der Waals surface area contributed by atoms with E-state index < -0.39 is 0 Å². The first-order chi connectivity index (χ1) is 12.6. The minimum atomic E-state index is -0.361. The van der Waals surface area contributed by atoms with Gasteiger partial charge in [-0.15, -0.1) is 0 Å². The highest BCUT2D eigenvalue weighted by atomic mass is 19.1. The van der Waals surface area contributed by atoms with Crippen LogP contribution in [0.4, 0.5) is 4.39 Å². The van der Waals surface area contributed by atoms with Crippen LogP contribution in [0.1, 0.15) is 44.9 Å². The van der Waals surface area contributed by atoms with E-state index in [2.05, 4.69) is 11.0 Å². The minimum absolute atomic E-state index is 0.0156. The molecule has 1 heterocycles. The number of alkyl halides is 1. The van der Waals surface area contributed by atoms with Gasteiger partial charge in [-0.05, 0) is 25.3 Å². The van der Waals surface area contributed by atoms with Crippen LogP contribution in [0.25, 0.3) is 0 Å². The lowest BCUT2D eigenvalue weighted by atomic mass is 10.00. The van der Waals surface area contributed by atoms with Crippen molar-refractivity contribution >= 4 is 11.8 Å². The van der Waals surface area contributed by atoms with Gasteiger partial charge in [-0.2, -0.15) is 0 Å². The summed E-state index contributed by atoms with van der Waals surface area (Å²) in [4.78, 5) is 27.3. The zero-order valence-corrected chi connectivity index (χ0v) is 15.3. The molecule has 0 aromatic heterocycles. The summed E-state index contributed by atoms with van der Waals surface area (Å²) in [6.07, 6.45) is 11.1. The molecule has 0 bridgehead atoms. The van der Waals surface area contributed by atoms with Gasteiger partial charge in [-0.1, -0.05) is 25.0 Å². The molecule has 0 aromatic rings. The number of amides is 2. The van der Waals surface area contributed by atoms with Crippen LogP contribution >= 0.6 is 0 Å². The standard InChI is InChI=1S/C19H30FN3O3/c20-15-16-6-5-7-17(14-16)22-10-12-23(13-11-22)19(25)9-4-2-1-3-8-18(24)21-26/h5,7,14,16,26H,1-4,6,8-13,15H2,(H,21,24). The molecule has 2 amide bonds. The molecule has 1 aliphatic carbocycles.